The summed E-state index contributed by atoms with van der Waals surface area (Å²) in [6, 6.07) is 21.0. The highest BCUT2D eigenvalue weighted by Crippen LogP contribution is 2.36. The van der Waals surface area contributed by atoms with Crippen LogP contribution in [0.4, 0.5) is 0 Å². The van der Waals surface area contributed by atoms with E-state index in [1.54, 1.807) is 0 Å². The first-order valence-electron chi connectivity index (χ1n) is 9.99. The number of aliphatic hydroxyl groups excluding tert-OH is 1. The summed E-state index contributed by atoms with van der Waals surface area (Å²) in [5.41, 5.74) is 3.33. The van der Waals surface area contributed by atoms with E-state index in [0.29, 0.717) is 13.0 Å². The summed E-state index contributed by atoms with van der Waals surface area (Å²) in [6.45, 7) is 13.7. The van der Waals surface area contributed by atoms with E-state index < -0.39 is 22.5 Å². The molecule has 0 amide bonds. The Hall–Kier alpha value is -1.65. The van der Waals surface area contributed by atoms with Crippen molar-refractivity contribution >= 4 is 26.8 Å². The zero-order chi connectivity index (χ0) is 20.8. The van der Waals surface area contributed by atoms with Crippen LogP contribution in [0.5, 0.6) is 0 Å². The Morgan fingerprint density at radius 2 is 1.36 bits per heavy atom. The van der Waals surface area contributed by atoms with Crippen LogP contribution in [0.3, 0.4) is 0 Å². The average Bonchev–Trinajstić information content (AvgIpc) is 2.62. The fourth-order valence-corrected chi connectivity index (χ4v) is 8.71. The van der Waals surface area contributed by atoms with Crippen LogP contribution in [-0.4, -0.2) is 34.2 Å². The SMILES string of the molecule is CC(C)(C)[Si](OC[C@H](O)CC#C[Si](C)(C)C)(c1ccccc1)c1ccccc1. The van der Waals surface area contributed by atoms with E-state index in [1.807, 2.05) is 12.1 Å². The van der Waals surface area contributed by atoms with Crippen molar-refractivity contribution in [2.24, 2.45) is 0 Å². The van der Waals surface area contributed by atoms with Crippen LogP contribution in [0.2, 0.25) is 24.7 Å². The standard InChI is InChI=1S/C24H34O2Si2/c1-24(2,3)28(22-15-9-7-10-16-22,23-17-11-8-12-18-23)26-20-21(25)14-13-19-27(4,5)6/h7-12,15-18,21,25H,14,20H2,1-6H3/t21-/m1/s1. The topological polar surface area (TPSA) is 29.5 Å². The number of hydrogen-bond acceptors (Lipinski definition) is 2. The molecule has 2 rings (SSSR count). The van der Waals surface area contributed by atoms with Crippen LogP contribution in [0.15, 0.2) is 60.7 Å². The normalized spacial score (nSPS) is 13.5. The van der Waals surface area contributed by atoms with Gasteiger partial charge in [-0.1, -0.05) is 101 Å². The summed E-state index contributed by atoms with van der Waals surface area (Å²) in [5, 5.41) is 13.0. The van der Waals surface area contributed by atoms with Gasteiger partial charge in [-0.25, -0.2) is 0 Å². The van der Waals surface area contributed by atoms with E-state index in [0.717, 1.165) is 0 Å². The zero-order valence-electron chi connectivity index (χ0n) is 18.1. The Labute approximate surface area is 173 Å². The van der Waals surface area contributed by atoms with Crippen LogP contribution in [-0.2, 0) is 4.43 Å². The maximum atomic E-state index is 10.6. The van der Waals surface area contributed by atoms with Crippen molar-refractivity contribution < 1.29 is 9.53 Å². The lowest BCUT2D eigenvalue weighted by molar-refractivity contribution is 0.106. The predicted octanol–water partition coefficient (Wildman–Crippen LogP) is 4.19. The third kappa shape index (κ3) is 5.68. The second kappa shape index (κ2) is 9.23. The van der Waals surface area contributed by atoms with E-state index in [-0.39, 0.29) is 5.04 Å². The maximum absolute atomic E-state index is 10.6. The number of benzene rings is 2. The van der Waals surface area contributed by atoms with Gasteiger partial charge in [0.05, 0.1) is 12.7 Å². The molecule has 2 aromatic rings. The highest BCUT2D eigenvalue weighted by molar-refractivity contribution is 6.99. The molecule has 0 unspecified atom stereocenters. The maximum Gasteiger partial charge on any atom is 0.261 e. The first-order chi connectivity index (χ1) is 13.1. The fraction of sp³-hybridized carbons (Fsp3) is 0.417. The van der Waals surface area contributed by atoms with Crippen LogP contribution >= 0.6 is 0 Å². The molecule has 1 atom stereocenters. The molecular formula is C24H34O2Si2. The van der Waals surface area contributed by atoms with Crippen molar-refractivity contribution in [3.8, 4) is 11.5 Å². The summed E-state index contributed by atoms with van der Waals surface area (Å²) in [4.78, 5) is 0. The lowest BCUT2D eigenvalue weighted by Crippen LogP contribution is -2.67. The van der Waals surface area contributed by atoms with Gasteiger partial charge in [-0.3, -0.25) is 0 Å². The van der Waals surface area contributed by atoms with E-state index in [4.69, 9.17) is 4.43 Å². The lowest BCUT2D eigenvalue weighted by atomic mass is 10.2. The Morgan fingerprint density at radius 3 is 1.75 bits per heavy atom. The summed E-state index contributed by atoms with van der Waals surface area (Å²) in [5.74, 6) is 3.18. The van der Waals surface area contributed by atoms with Crippen molar-refractivity contribution in [1.82, 2.24) is 0 Å². The molecule has 0 aliphatic carbocycles. The van der Waals surface area contributed by atoms with Gasteiger partial charge in [0.15, 0.2) is 0 Å². The molecule has 28 heavy (non-hydrogen) atoms. The van der Waals surface area contributed by atoms with Gasteiger partial charge in [0.2, 0.25) is 0 Å². The highest BCUT2D eigenvalue weighted by atomic mass is 28.4. The number of aliphatic hydroxyl groups is 1. The molecule has 0 spiro atoms. The molecule has 0 radical (unpaired) electrons. The fourth-order valence-electron chi connectivity index (χ4n) is 3.48. The highest BCUT2D eigenvalue weighted by Gasteiger charge is 2.50. The molecule has 0 aliphatic rings. The van der Waals surface area contributed by atoms with Gasteiger partial charge < -0.3 is 9.53 Å². The molecule has 2 aromatic carbocycles. The minimum absolute atomic E-state index is 0.0839. The van der Waals surface area contributed by atoms with Crippen LogP contribution in [0.1, 0.15) is 27.2 Å². The summed E-state index contributed by atoms with van der Waals surface area (Å²) in [7, 11) is -4.01. The quantitative estimate of drug-likeness (QED) is 0.571. The van der Waals surface area contributed by atoms with Crippen molar-refractivity contribution in [1.29, 1.82) is 0 Å². The van der Waals surface area contributed by atoms with Crippen molar-refractivity contribution in [3.05, 3.63) is 60.7 Å². The molecule has 4 heteroatoms. The molecule has 0 heterocycles. The molecule has 0 saturated carbocycles. The smallest absolute Gasteiger partial charge is 0.261 e. The van der Waals surface area contributed by atoms with Gasteiger partial charge in [0, 0.05) is 6.42 Å². The number of hydrogen-bond donors (Lipinski definition) is 1. The van der Waals surface area contributed by atoms with Gasteiger partial charge in [0.1, 0.15) is 8.07 Å². The second-order valence-electron chi connectivity index (χ2n) is 9.38. The lowest BCUT2D eigenvalue weighted by Gasteiger charge is -2.43. The molecule has 0 saturated heterocycles. The Bertz CT molecular complexity index is 754. The first-order valence-corrected chi connectivity index (χ1v) is 15.4. The summed E-state index contributed by atoms with van der Waals surface area (Å²) in [6.07, 6.45) is -0.117. The van der Waals surface area contributed by atoms with Gasteiger partial charge >= 0.3 is 0 Å². The molecule has 2 nitrogen and oxygen atoms in total. The molecule has 0 aromatic heterocycles. The average molecular weight is 411 g/mol. The Morgan fingerprint density at radius 1 is 0.893 bits per heavy atom. The van der Waals surface area contributed by atoms with Crippen molar-refractivity contribution in [3.63, 3.8) is 0 Å². The largest absolute Gasteiger partial charge is 0.405 e. The van der Waals surface area contributed by atoms with Crippen LogP contribution < -0.4 is 10.4 Å². The minimum atomic E-state index is -2.59. The molecule has 0 fully saturated rings. The zero-order valence-corrected chi connectivity index (χ0v) is 20.1. The summed E-state index contributed by atoms with van der Waals surface area (Å²) < 4.78 is 6.74. The van der Waals surface area contributed by atoms with E-state index in [9.17, 15) is 5.11 Å². The first kappa shape index (κ1) is 22.6. The third-order valence-electron chi connectivity index (χ3n) is 4.71. The second-order valence-corrected chi connectivity index (χ2v) is 18.4. The molecular weight excluding hydrogens is 376 g/mol. The van der Waals surface area contributed by atoms with E-state index >= 15 is 0 Å². The molecule has 150 valence electrons. The Balaban J connectivity index is 2.38. The molecule has 0 bridgehead atoms. The van der Waals surface area contributed by atoms with Crippen LogP contribution in [0, 0.1) is 11.5 Å². The van der Waals surface area contributed by atoms with Crippen molar-refractivity contribution in [2.75, 3.05) is 6.61 Å². The van der Waals surface area contributed by atoms with Gasteiger partial charge in [-0.05, 0) is 15.4 Å². The predicted molar refractivity (Wildman–Crippen MR) is 125 cm³/mol. The van der Waals surface area contributed by atoms with Gasteiger partial charge in [0.25, 0.3) is 8.32 Å². The van der Waals surface area contributed by atoms with E-state index in [1.165, 1.54) is 10.4 Å². The molecule has 1 N–H and O–H groups in total. The van der Waals surface area contributed by atoms with Crippen LogP contribution in [0.25, 0.3) is 0 Å². The van der Waals surface area contributed by atoms with Gasteiger partial charge in [-0.15, -0.1) is 11.5 Å². The monoisotopic (exact) mass is 410 g/mol. The molecule has 0 aliphatic heterocycles. The Kier molecular flexibility index (Phi) is 7.47. The van der Waals surface area contributed by atoms with Gasteiger partial charge in [-0.2, -0.15) is 0 Å². The minimum Gasteiger partial charge on any atom is -0.405 e. The van der Waals surface area contributed by atoms with Crippen molar-refractivity contribution in [2.45, 2.75) is 58.0 Å². The summed E-state index contributed by atoms with van der Waals surface area (Å²) >= 11 is 0. The third-order valence-corrected chi connectivity index (χ3v) is 10.6. The number of rotatable bonds is 6. The van der Waals surface area contributed by atoms with E-state index in [2.05, 4.69) is 100 Å².